The largest absolute Gasteiger partial charge is 0.309 e. The molecule has 0 radical (unpaired) electrons. The van der Waals surface area contributed by atoms with Gasteiger partial charge in [-0.05, 0) is 14.1 Å². The molecule has 1 fully saturated rings. The SMILES string of the molecule is CC(C)N[C@H]1CN(S)C[C@H]1N(C)C. The summed E-state index contributed by atoms with van der Waals surface area (Å²) in [5.74, 6) is 0. The zero-order valence-electron chi connectivity index (χ0n) is 8.99. The minimum atomic E-state index is 0.548. The molecule has 1 saturated heterocycles. The van der Waals surface area contributed by atoms with E-state index in [0.717, 1.165) is 13.1 Å². The van der Waals surface area contributed by atoms with Gasteiger partial charge in [0.05, 0.1) is 0 Å². The van der Waals surface area contributed by atoms with Gasteiger partial charge in [-0.3, -0.25) is 4.31 Å². The van der Waals surface area contributed by atoms with Crippen LogP contribution >= 0.6 is 12.8 Å². The van der Waals surface area contributed by atoms with E-state index in [4.69, 9.17) is 0 Å². The zero-order valence-corrected chi connectivity index (χ0v) is 9.88. The average Bonchev–Trinajstić information content (AvgIpc) is 2.29. The molecule has 0 aromatic heterocycles. The van der Waals surface area contributed by atoms with E-state index in [9.17, 15) is 0 Å². The highest BCUT2D eigenvalue weighted by molar-refractivity contribution is 7.77. The first-order valence-electron chi connectivity index (χ1n) is 4.87. The Morgan fingerprint density at radius 1 is 1.38 bits per heavy atom. The van der Waals surface area contributed by atoms with Crippen molar-refractivity contribution in [2.45, 2.75) is 32.0 Å². The number of rotatable bonds is 3. The molecule has 1 N–H and O–H groups in total. The number of likely N-dealkylation sites (N-methyl/N-ethyl adjacent to an activating group) is 1. The summed E-state index contributed by atoms with van der Waals surface area (Å²) in [7, 11) is 4.26. The molecule has 0 spiro atoms. The minimum absolute atomic E-state index is 0.548. The first kappa shape index (κ1) is 11.3. The molecule has 1 aliphatic heterocycles. The molecule has 2 atom stereocenters. The lowest BCUT2D eigenvalue weighted by Gasteiger charge is -2.27. The van der Waals surface area contributed by atoms with Gasteiger partial charge in [-0.2, -0.15) is 0 Å². The second kappa shape index (κ2) is 4.64. The summed E-state index contributed by atoms with van der Waals surface area (Å²) in [5, 5.41) is 3.57. The van der Waals surface area contributed by atoms with Gasteiger partial charge in [0.1, 0.15) is 0 Å². The van der Waals surface area contributed by atoms with Crippen LogP contribution in [-0.4, -0.2) is 54.5 Å². The molecule has 78 valence electrons. The quantitative estimate of drug-likeness (QED) is 0.649. The van der Waals surface area contributed by atoms with Gasteiger partial charge in [0, 0.05) is 31.2 Å². The Balaban J connectivity index is 2.50. The van der Waals surface area contributed by atoms with Crippen LogP contribution in [-0.2, 0) is 0 Å². The van der Waals surface area contributed by atoms with E-state index in [1.807, 2.05) is 0 Å². The molecule has 0 saturated carbocycles. The van der Waals surface area contributed by atoms with Gasteiger partial charge in [-0.1, -0.05) is 26.7 Å². The van der Waals surface area contributed by atoms with Crippen LogP contribution in [0.5, 0.6) is 0 Å². The first-order valence-corrected chi connectivity index (χ1v) is 5.27. The Kier molecular flexibility index (Phi) is 4.04. The second-order valence-electron chi connectivity index (χ2n) is 4.33. The summed E-state index contributed by atoms with van der Waals surface area (Å²) >= 11 is 4.39. The highest BCUT2D eigenvalue weighted by Gasteiger charge is 2.32. The van der Waals surface area contributed by atoms with E-state index in [0.29, 0.717) is 18.1 Å². The van der Waals surface area contributed by atoms with Gasteiger partial charge in [0.2, 0.25) is 0 Å². The maximum atomic E-state index is 4.39. The van der Waals surface area contributed by atoms with Crippen LogP contribution in [0.15, 0.2) is 0 Å². The summed E-state index contributed by atoms with van der Waals surface area (Å²) in [5.41, 5.74) is 0. The summed E-state index contributed by atoms with van der Waals surface area (Å²) in [6.07, 6.45) is 0. The molecule has 0 aromatic rings. The maximum Gasteiger partial charge on any atom is 0.0392 e. The van der Waals surface area contributed by atoms with E-state index in [-0.39, 0.29) is 0 Å². The molecular weight excluding hydrogens is 182 g/mol. The zero-order chi connectivity index (χ0) is 10.0. The van der Waals surface area contributed by atoms with E-state index in [2.05, 4.69) is 55.3 Å². The van der Waals surface area contributed by atoms with Gasteiger partial charge in [-0.15, -0.1) is 0 Å². The highest BCUT2D eigenvalue weighted by atomic mass is 32.1. The van der Waals surface area contributed by atoms with E-state index in [1.165, 1.54) is 0 Å². The van der Waals surface area contributed by atoms with Crippen LogP contribution in [0, 0.1) is 0 Å². The summed E-state index contributed by atoms with van der Waals surface area (Å²) < 4.78 is 2.09. The fourth-order valence-corrected chi connectivity index (χ4v) is 2.22. The predicted octanol–water partition coefficient (Wildman–Crippen LogP) is 0.444. The average molecular weight is 203 g/mol. The summed E-state index contributed by atoms with van der Waals surface area (Å²) in [4.78, 5) is 2.27. The molecule has 0 bridgehead atoms. The first-order chi connectivity index (χ1) is 6.00. The van der Waals surface area contributed by atoms with Crippen molar-refractivity contribution in [1.82, 2.24) is 14.5 Å². The van der Waals surface area contributed by atoms with Crippen molar-refractivity contribution >= 4 is 12.8 Å². The molecule has 0 amide bonds. The fraction of sp³-hybridized carbons (Fsp3) is 1.00. The molecule has 3 nitrogen and oxygen atoms in total. The predicted molar refractivity (Wildman–Crippen MR) is 60.1 cm³/mol. The molecule has 1 heterocycles. The van der Waals surface area contributed by atoms with Crippen LogP contribution in [0.1, 0.15) is 13.8 Å². The van der Waals surface area contributed by atoms with Crippen molar-refractivity contribution in [2.75, 3.05) is 27.2 Å². The Labute approximate surface area is 87.0 Å². The Hall–Kier alpha value is 0.230. The molecular formula is C9H21N3S. The Bertz CT molecular complexity index is 161. The van der Waals surface area contributed by atoms with Gasteiger partial charge >= 0.3 is 0 Å². The monoisotopic (exact) mass is 203 g/mol. The minimum Gasteiger partial charge on any atom is -0.309 e. The van der Waals surface area contributed by atoms with Crippen molar-refractivity contribution < 1.29 is 0 Å². The van der Waals surface area contributed by atoms with Gasteiger partial charge in [0.15, 0.2) is 0 Å². The fourth-order valence-electron chi connectivity index (χ4n) is 1.88. The van der Waals surface area contributed by atoms with Crippen molar-refractivity contribution in [3.05, 3.63) is 0 Å². The smallest absolute Gasteiger partial charge is 0.0392 e. The number of nitrogens with one attached hydrogen (secondary N) is 1. The lowest BCUT2D eigenvalue weighted by atomic mass is 10.1. The van der Waals surface area contributed by atoms with Crippen LogP contribution in [0.4, 0.5) is 0 Å². The van der Waals surface area contributed by atoms with Gasteiger partial charge < -0.3 is 10.2 Å². The van der Waals surface area contributed by atoms with Crippen molar-refractivity contribution in [3.63, 3.8) is 0 Å². The van der Waals surface area contributed by atoms with Crippen molar-refractivity contribution in [1.29, 1.82) is 0 Å². The van der Waals surface area contributed by atoms with Crippen LogP contribution in [0.25, 0.3) is 0 Å². The van der Waals surface area contributed by atoms with E-state index < -0.39 is 0 Å². The molecule has 1 rings (SSSR count). The number of hydrogen-bond acceptors (Lipinski definition) is 4. The normalized spacial score (nSPS) is 30.7. The molecule has 13 heavy (non-hydrogen) atoms. The van der Waals surface area contributed by atoms with E-state index in [1.54, 1.807) is 0 Å². The number of hydrogen-bond donors (Lipinski definition) is 2. The van der Waals surface area contributed by atoms with Gasteiger partial charge in [0.25, 0.3) is 0 Å². The standard InChI is InChI=1S/C9H21N3S/c1-7(2)10-8-5-12(13)6-9(8)11(3)4/h7-10,13H,5-6H2,1-4H3/t8-,9+/m0/s1. The van der Waals surface area contributed by atoms with Crippen molar-refractivity contribution in [3.8, 4) is 0 Å². The second-order valence-corrected chi connectivity index (χ2v) is 4.90. The third-order valence-corrected chi connectivity index (χ3v) is 2.81. The summed E-state index contributed by atoms with van der Waals surface area (Å²) in [6.45, 7) is 6.45. The molecule has 0 aliphatic carbocycles. The molecule has 4 heteroatoms. The summed E-state index contributed by atoms with van der Waals surface area (Å²) in [6, 6.07) is 1.68. The van der Waals surface area contributed by atoms with Crippen molar-refractivity contribution in [2.24, 2.45) is 0 Å². The molecule has 0 aromatic carbocycles. The number of nitrogens with zero attached hydrogens (tertiary/aromatic N) is 2. The van der Waals surface area contributed by atoms with Gasteiger partial charge in [-0.25, -0.2) is 0 Å². The lowest BCUT2D eigenvalue weighted by Crippen LogP contribution is -2.48. The molecule has 0 unspecified atom stereocenters. The maximum absolute atomic E-state index is 4.39. The Morgan fingerprint density at radius 3 is 2.46 bits per heavy atom. The van der Waals surface area contributed by atoms with Crippen LogP contribution in [0.2, 0.25) is 0 Å². The third kappa shape index (κ3) is 3.13. The highest BCUT2D eigenvalue weighted by Crippen LogP contribution is 2.16. The number of thiol groups is 1. The van der Waals surface area contributed by atoms with Crippen LogP contribution in [0.3, 0.4) is 0 Å². The van der Waals surface area contributed by atoms with E-state index >= 15 is 0 Å². The lowest BCUT2D eigenvalue weighted by molar-refractivity contribution is 0.259. The van der Waals surface area contributed by atoms with Crippen LogP contribution < -0.4 is 5.32 Å². The third-order valence-electron chi connectivity index (χ3n) is 2.48. The Morgan fingerprint density at radius 2 is 2.00 bits per heavy atom. The molecule has 1 aliphatic rings. The topological polar surface area (TPSA) is 18.5 Å².